The van der Waals surface area contributed by atoms with Crippen molar-refractivity contribution in [2.45, 2.75) is 13.8 Å². The molecule has 0 aromatic heterocycles. The Kier molecular flexibility index (Phi) is 5.32. The molecule has 1 aromatic rings. The van der Waals surface area contributed by atoms with Crippen LogP contribution in [0, 0.1) is 5.92 Å². The molecule has 0 aliphatic rings. The first-order valence-electron chi connectivity index (χ1n) is 5.72. The highest BCUT2D eigenvalue weighted by Crippen LogP contribution is 2.14. The number of rotatable bonds is 5. The number of benzene rings is 1. The Hall–Kier alpha value is -1.88. The molecule has 0 spiro atoms. The Morgan fingerprint density at radius 3 is 2.06 bits per heavy atom. The SMILES string of the molecule is COCC(=O)Nc1ccc(NC(=O)C(C)C)cc1. The summed E-state index contributed by atoms with van der Waals surface area (Å²) in [4.78, 5) is 22.7. The first-order chi connectivity index (χ1) is 8.52. The molecule has 18 heavy (non-hydrogen) atoms. The average molecular weight is 250 g/mol. The molecule has 2 amide bonds. The summed E-state index contributed by atoms with van der Waals surface area (Å²) < 4.78 is 4.71. The van der Waals surface area contributed by atoms with Crippen molar-refractivity contribution in [2.24, 2.45) is 5.92 Å². The highest BCUT2D eigenvalue weighted by Gasteiger charge is 2.07. The number of nitrogens with one attached hydrogen (secondary N) is 2. The second-order valence-electron chi connectivity index (χ2n) is 4.20. The molecule has 0 aliphatic carbocycles. The van der Waals surface area contributed by atoms with Crippen LogP contribution in [0.2, 0.25) is 0 Å². The van der Waals surface area contributed by atoms with E-state index in [0.717, 1.165) is 0 Å². The van der Waals surface area contributed by atoms with E-state index >= 15 is 0 Å². The predicted octanol–water partition coefficient (Wildman–Crippen LogP) is 1.87. The number of anilines is 2. The van der Waals surface area contributed by atoms with Gasteiger partial charge in [-0.2, -0.15) is 0 Å². The monoisotopic (exact) mass is 250 g/mol. The first-order valence-corrected chi connectivity index (χ1v) is 5.72. The Labute approximate surface area is 107 Å². The zero-order valence-corrected chi connectivity index (χ0v) is 10.8. The molecule has 0 aliphatic heterocycles. The third-order valence-corrected chi connectivity index (χ3v) is 2.24. The molecule has 0 unspecified atom stereocenters. The minimum Gasteiger partial charge on any atom is -0.375 e. The molecule has 0 saturated carbocycles. The van der Waals surface area contributed by atoms with Crippen LogP contribution in [0.15, 0.2) is 24.3 Å². The van der Waals surface area contributed by atoms with E-state index < -0.39 is 0 Å². The van der Waals surface area contributed by atoms with Crippen molar-refractivity contribution < 1.29 is 14.3 Å². The van der Waals surface area contributed by atoms with Gasteiger partial charge in [-0.15, -0.1) is 0 Å². The number of carbonyl (C=O) groups is 2. The number of hydrogen-bond donors (Lipinski definition) is 2. The quantitative estimate of drug-likeness (QED) is 0.838. The van der Waals surface area contributed by atoms with Gasteiger partial charge in [0.15, 0.2) is 0 Å². The van der Waals surface area contributed by atoms with Gasteiger partial charge in [-0.1, -0.05) is 13.8 Å². The molecule has 0 bridgehead atoms. The Morgan fingerprint density at radius 2 is 1.61 bits per heavy atom. The van der Waals surface area contributed by atoms with E-state index in [4.69, 9.17) is 4.74 Å². The Bertz CT molecular complexity index is 413. The van der Waals surface area contributed by atoms with E-state index in [0.29, 0.717) is 11.4 Å². The van der Waals surface area contributed by atoms with Gasteiger partial charge in [-0.3, -0.25) is 9.59 Å². The summed E-state index contributed by atoms with van der Waals surface area (Å²) >= 11 is 0. The third-order valence-electron chi connectivity index (χ3n) is 2.24. The lowest BCUT2D eigenvalue weighted by molar-refractivity contribution is -0.120. The van der Waals surface area contributed by atoms with E-state index in [-0.39, 0.29) is 24.3 Å². The Balaban J connectivity index is 2.57. The molecule has 0 atom stereocenters. The molecule has 0 radical (unpaired) electrons. The van der Waals surface area contributed by atoms with Gasteiger partial charge < -0.3 is 15.4 Å². The van der Waals surface area contributed by atoms with Crippen LogP contribution in [0.25, 0.3) is 0 Å². The summed E-state index contributed by atoms with van der Waals surface area (Å²) in [5.41, 5.74) is 1.37. The largest absolute Gasteiger partial charge is 0.375 e. The summed E-state index contributed by atoms with van der Waals surface area (Å²) in [5.74, 6) is -0.311. The van der Waals surface area contributed by atoms with Gasteiger partial charge in [0.1, 0.15) is 6.61 Å². The average Bonchev–Trinajstić information content (AvgIpc) is 2.31. The van der Waals surface area contributed by atoms with Crippen molar-refractivity contribution >= 4 is 23.2 Å². The van der Waals surface area contributed by atoms with Gasteiger partial charge in [0.25, 0.3) is 0 Å². The van der Waals surface area contributed by atoms with E-state index in [1.807, 2.05) is 13.8 Å². The number of ether oxygens (including phenoxy) is 1. The number of methoxy groups -OCH3 is 1. The molecule has 2 N–H and O–H groups in total. The number of hydrogen-bond acceptors (Lipinski definition) is 3. The van der Waals surface area contributed by atoms with Crippen LogP contribution in [-0.2, 0) is 14.3 Å². The van der Waals surface area contributed by atoms with Gasteiger partial charge in [0, 0.05) is 24.4 Å². The highest BCUT2D eigenvalue weighted by atomic mass is 16.5. The fourth-order valence-corrected chi connectivity index (χ4v) is 1.25. The van der Waals surface area contributed by atoms with Crippen LogP contribution in [0.4, 0.5) is 11.4 Å². The molecule has 0 saturated heterocycles. The standard InChI is InChI=1S/C13H18N2O3/c1-9(2)13(17)15-11-6-4-10(5-7-11)14-12(16)8-18-3/h4-7,9H,8H2,1-3H3,(H,14,16)(H,15,17). The number of amides is 2. The topological polar surface area (TPSA) is 67.4 Å². The van der Waals surface area contributed by atoms with Crippen LogP contribution in [-0.4, -0.2) is 25.5 Å². The van der Waals surface area contributed by atoms with Crippen molar-refractivity contribution in [2.75, 3.05) is 24.4 Å². The summed E-state index contributed by atoms with van der Waals surface area (Å²) in [6, 6.07) is 6.93. The molecule has 1 rings (SSSR count). The van der Waals surface area contributed by atoms with Crippen LogP contribution in [0.5, 0.6) is 0 Å². The molecule has 5 heteroatoms. The molecular formula is C13H18N2O3. The van der Waals surface area contributed by atoms with Gasteiger partial charge in [0.05, 0.1) is 0 Å². The Morgan fingerprint density at radius 1 is 1.11 bits per heavy atom. The fraction of sp³-hybridized carbons (Fsp3) is 0.385. The highest BCUT2D eigenvalue weighted by molar-refractivity contribution is 5.94. The van der Waals surface area contributed by atoms with Gasteiger partial charge in [-0.25, -0.2) is 0 Å². The molecule has 5 nitrogen and oxygen atoms in total. The van der Waals surface area contributed by atoms with Crippen molar-refractivity contribution in [3.05, 3.63) is 24.3 Å². The minimum atomic E-state index is -0.212. The van der Waals surface area contributed by atoms with Crippen molar-refractivity contribution in [3.8, 4) is 0 Å². The molecule has 0 heterocycles. The lowest BCUT2D eigenvalue weighted by Gasteiger charge is -2.09. The fourth-order valence-electron chi connectivity index (χ4n) is 1.25. The van der Waals surface area contributed by atoms with Crippen LogP contribution in [0.3, 0.4) is 0 Å². The molecule has 1 aromatic carbocycles. The maximum atomic E-state index is 11.5. The van der Waals surface area contributed by atoms with Crippen LogP contribution in [0.1, 0.15) is 13.8 Å². The van der Waals surface area contributed by atoms with Gasteiger partial charge >= 0.3 is 0 Å². The van der Waals surface area contributed by atoms with Gasteiger partial charge in [0.2, 0.25) is 11.8 Å². The molecule has 98 valence electrons. The minimum absolute atomic E-state index is 0.0197. The third kappa shape index (κ3) is 4.55. The predicted molar refractivity (Wildman–Crippen MR) is 70.4 cm³/mol. The first kappa shape index (κ1) is 14.2. The second kappa shape index (κ2) is 6.76. The lowest BCUT2D eigenvalue weighted by atomic mass is 10.2. The number of carbonyl (C=O) groups excluding carboxylic acids is 2. The van der Waals surface area contributed by atoms with E-state index in [9.17, 15) is 9.59 Å². The van der Waals surface area contributed by atoms with E-state index in [1.54, 1.807) is 24.3 Å². The maximum Gasteiger partial charge on any atom is 0.250 e. The second-order valence-corrected chi connectivity index (χ2v) is 4.20. The maximum absolute atomic E-state index is 11.5. The molecular weight excluding hydrogens is 232 g/mol. The van der Waals surface area contributed by atoms with Crippen LogP contribution < -0.4 is 10.6 Å². The van der Waals surface area contributed by atoms with Crippen molar-refractivity contribution in [1.82, 2.24) is 0 Å². The molecule has 0 fully saturated rings. The van der Waals surface area contributed by atoms with E-state index in [1.165, 1.54) is 7.11 Å². The van der Waals surface area contributed by atoms with Crippen molar-refractivity contribution in [3.63, 3.8) is 0 Å². The summed E-state index contributed by atoms with van der Waals surface area (Å²) in [6.45, 7) is 3.68. The summed E-state index contributed by atoms with van der Waals surface area (Å²) in [6.07, 6.45) is 0. The van der Waals surface area contributed by atoms with Gasteiger partial charge in [-0.05, 0) is 24.3 Å². The lowest BCUT2D eigenvalue weighted by Crippen LogP contribution is -2.18. The zero-order chi connectivity index (χ0) is 13.5. The van der Waals surface area contributed by atoms with Crippen molar-refractivity contribution in [1.29, 1.82) is 0 Å². The smallest absolute Gasteiger partial charge is 0.250 e. The van der Waals surface area contributed by atoms with Crippen LogP contribution >= 0.6 is 0 Å². The summed E-state index contributed by atoms with van der Waals surface area (Å²) in [5, 5.41) is 5.44. The normalized spacial score (nSPS) is 10.2. The zero-order valence-electron chi connectivity index (χ0n) is 10.8. The van der Waals surface area contributed by atoms with E-state index in [2.05, 4.69) is 10.6 Å². The summed E-state index contributed by atoms with van der Waals surface area (Å²) in [7, 11) is 1.46.